The predicted octanol–water partition coefficient (Wildman–Crippen LogP) is 3.55. The van der Waals surface area contributed by atoms with Crippen molar-refractivity contribution in [3.05, 3.63) is 64.1 Å². The molecule has 0 aliphatic heterocycles. The summed E-state index contributed by atoms with van der Waals surface area (Å²) >= 11 is 3.37. The van der Waals surface area contributed by atoms with E-state index >= 15 is 0 Å². The third kappa shape index (κ3) is 6.00. The highest BCUT2D eigenvalue weighted by Gasteiger charge is 2.07. The van der Waals surface area contributed by atoms with Crippen LogP contribution in [0, 0.1) is 0 Å². The number of carbonyl (C=O) groups is 2. The van der Waals surface area contributed by atoms with Gasteiger partial charge in [-0.05, 0) is 55.8 Å². The van der Waals surface area contributed by atoms with Gasteiger partial charge in [0, 0.05) is 4.47 Å². The molecule has 0 unspecified atom stereocenters. The monoisotopic (exact) mass is 418 g/mol. The van der Waals surface area contributed by atoms with Crippen molar-refractivity contribution in [1.29, 1.82) is 0 Å². The first-order valence-corrected chi connectivity index (χ1v) is 8.78. The fourth-order valence-corrected chi connectivity index (χ4v) is 2.25. The zero-order valence-electron chi connectivity index (χ0n) is 14.5. The fourth-order valence-electron chi connectivity index (χ4n) is 1.98. The number of nitrogens with one attached hydrogen (secondary N) is 1. The minimum atomic E-state index is -0.394. The second-order valence-corrected chi connectivity index (χ2v) is 6.19. The summed E-state index contributed by atoms with van der Waals surface area (Å²) in [5.74, 6) is -0.299. The highest BCUT2D eigenvalue weighted by Crippen LogP contribution is 2.13. The standard InChI is InChI=1S/C19H19BrN2O4/c1-3-25-19(24)15-6-10-17(11-7-15)26-12-18(23)22-21-13(2)14-4-8-16(20)9-5-14/h4-11H,3,12H2,1-2H3,(H,22,23). The van der Waals surface area contributed by atoms with E-state index in [-0.39, 0.29) is 12.5 Å². The predicted molar refractivity (Wildman–Crippen MR) is 102 cm³/mol. The first-order valence-electron chi connectivity index (χ1n) is 7.98. The molecule has 136 valence electrons. The lowest BCUT2D eigenvalue weighted by atomic mass is 10.1. The minimum Gasteiger partial charge on any atom is -0.484 e. The molecule has 0 radical (unpaired) electrons. The van der Waals surface area contributed by atoms with Crippen molar-refractivity contribution in [3.63, 3.8) is 0 Å². The molecule has 1 amide bonds. The van der Waals surface area contributed by atoms with Crippen molar-refractivity contribution in [1.82, 2.24) is 5.43 Å². The summed E-state index contributed by atoms with van der Waals surface area (Å²) in [4.78, 5) is 23.4. The molecule has 0 saturated heterocycles. The molecular formula is C19H19BrN2O4. The molecule has 2 aromatic rings. The maximum absolute atomic E-state index is 11.8. The normalized spacial score (nSPS) is 11.0. The quantitative estimate of drug-likeness (QED) is 0.423. The van der Waals surface area contributed by atoms with Crippen molar-refractivity contribution in [3.8, 4) is 5.75 Å². The van der Waals surface area contributed by atoms with Gasteiger partial charge in [-0.25, -0.2) is 10.2 Å². The highest BCUT2D eigenvalue weighted by atomic mass is 79.9. The van der Waals surface area contributed by atoms with E-state index in [0.717, 1.165) is 10.0 Å². The van der Waals surface area contributed by atoms with E-state index in [9.17, 15) is 9.59 Å². The van der Waals surface area contributed by atoms with Gasteiger partial charge in [-0.15, -0.1) is 0 Å². The molecule has 0 spiro atoms. The molecule has 2 rings (SSSR count). The molecule has 0 aliphatic rings. The Balaban J connectivity index is 1.83. The maximum atomic E-state index is 11.8. The van der Waals surface area contributed by atoms with Crippen LogP contribution in [0.5, 0.6) is 5.75 Å². The van der Waals surface area contributed by atoms with E-state index in [0.29, 0.717) is 23.6 Å². The van der Waals surface area contributed by atoms with E-state index in [1.54, 1.807) is 38.1 Å². The lowest BCUT2D eigenvalue weighted by molar-refractivity contribution is -0.123. The summed E-state index contributed by atoms with van der Waals surface area (Å²) in [5.41, 5.74) is 4.47. The summed E-state index contributed by atoms with van der Waals surface area (Å²) in [6, 6.07) is 14.0. The van der Waals surface area contributed by atoms with Crippen LogP contribution < -0.4 is 10.2 Å². The maximum Gasteiger partial charge on any atom is 0.338 e. The number of amides is 1. The number of esters is 1. The van der Waals surface area contributed by atoms with Gasteiger partial charge in [-0.1, -0.05) is 28.1 Å². The summed E-state index contributed by atoms with van der Waals surface area (Å²) in [7, 11) is 0. The van der Waals surface area contributed by atoms with Gasteiger partial charge >= 0.3 is 5.97 Å². The number of benzene rings is 2. The van der Waals surface area contributed by atoms with Gasteiger partial charge in [-0.2, -0.15) is 5.10 Å². The molecule has 0 bridgehead atoms. The van der Waals surface area contributed by atoms with Crippen LogP contribution in [0.2, 0.25) is 0 Å². The number of hydrazone groups is 1. The van der Waals surface area contributed by atoms with Crippen LogP contribution in [0.1, 0.15) is 29.8 Å². The Morgan fingerprint density at radius 3 is 2.27 bits per heavy atom. The van der Waals surface area contributed by atoms with Gasteiger partial charge in [0.05, 0.1) is 17.9 Å². The van der Waals surface area contributed by atoms with Crippen LogP contribution in [0.3, 0.4) is 0 Å². The lowest BCUT2D eigenvalue weighted by Crippen LogP contribution is -2.25. The number of hydrogen-bond acceptors (Lipinski definition) is 5. The number of ether oxygens (including phenoxy) is 2. The number of rotatable bonds is 7. The molecule has 7 heteroatoms. The molecule has 26 heavy (non-hydrogen) atoms. The molecule has 2 aromatic carbocycles. The number of nitrogens with zero attached hydrogens (tertiary/aromatic N) is 1. The second kappa shape index (κ2) is 9.72. The Morgan fingerprint density at radius 1 is 1.04 bits per heavy atom. The van der Waals surface area contributed by atoms with E-state index in [2.05, 4.69) is 26.5 Å². The molecule has 0 atom stereocenters. The van der Waals surface area contributed by atoms with Crippen LogP contribution in [0.4, 0.5) is 0 Å². The summed E-state index contributed by atoms with van der Waals surface area (Å²) in [6.07, 6.45) is 0. The Bertz CT molecular complexity index is 786. The fraction of sp³-hybridized carbons (Fsp3) is 0.211. The number of halogens is 1. The van der Waals surface area contributed by atoms with E-state index < -0.39 is 5.97 Å². The average Bonchev–Trinajstić information content (AvgIpc) is 2.65. The zero-order valence-corrected chi connectivity index (χ0v) is 16.1. The molecule has 0 fully saturated rings. The Labute approximate surface area is 160 Å². The van der Waals surface area contributed by atoms with Crippen molar-refractivity contribution in [2.24, 2.45) is 5.10 Å². The zero-order chi connectivity index (χ0) is 18.9. The third-order valence-corrected chi connectivity index (χ3v) is 3.87. The van der Waals surface area contributed by atoms with Gasteiger partial charge in [0.15, 0.2) is 6.61 Å². The molecule has 6 nitrogen and oxygen atoms in total. The van der Waals surface area contributed by atoms with Crippen LogP contribution in [-0.4, -0.2) is 30.8 Å². The first kappa shape index (κ1) is 19.7. The average molecular weight is 419 g/mol. The molecule has 0 aliphatic carbocycles. The Hall–Kier alpha value is -2.67. The SMILES string of the molecule is CCOC(=O)c1ccc(OCC(=O)NN=C(C)c2ccc(Br)cc2)cc1. The van der Waals surface area contributed by atoms with Crippen LogP contribution in [0.15, 0.2) is 58.1 Å². The van der Waals surface area contributed by atoms with Crippen molar-refractivity contribution < 1.29 is 19.1 Å². The minimum absolute atomic E-state index is 0.185. The molecule has 1 N–H and O–H groups in total. The topological polar surface area (TPSA) is 77.0 Å². The van der Waals surface area contributed by atoms with Crippen LogP contribution >= 0.6 is 15.9 Å². The van der Waals surface area contributed by atoms with Gasteiger partial charge in [0.2, 0.25) is 0 Å². The number of carbonyl (C=O) groups excluding carboxylic acids is 2. The van der Waals surface area contributed by atoms with Crippen molar-refractivity contribution >= 4 is 33.5 Å². The Morgan fingerprint density at radius 2 is 1.65 bits per heavy atom. The molecular weight excluding hydrogens is 400 g/mol. The second-order valence-electron chi connectivity index (χ2n) is 5.27. The third-order valence-electron chi connectivity index (χ3n) is 3.35. The summed E-state index contributed by atoms with van der Waals surface area (Å²) < 4.78 is 11.3. The molecule has 0 heterocycles. The molecule has 0 saturated carbocycles. The van der Waals surface area contributed by atoms with E-state index in [1.165, 1.54) is 0 Å². The van der Waals surface area contributed by atoms with Crippen molar-refractivity contribution in [2.75, 3.05) is 13.2 Å². The van der Waals surface area contributed by atoms with E-state index in [4.69, 9.17) is 9.47 Å². The lowest BCUT2D eigenvalue weighted by Gasteiger charge is -2.07. The highest BCUT2D eigenvalue weighted by molar-refractivity contribution is 9.10. The van der Waals surface area contributed by atoms with Crippen molar-refractivity contribution in [2.45, 2.75) is 13.8 Å². The number of hydrogen-bond donors (Lipinski definition) is 1. The Kier molecular flexibility index (Phi) is 7.35. The first-order chi connectivity index (χ1) is 12.5. The van der Waals surface area contributed by atoms with Crippen LogP contribution in [0.25, 0.3) is 0 Å². The smallest absolute Gasteiger partial charge is 0.338 e. The van der Waals surface area contributed by atoms with Gasteiger partial charge in [0.25, 0.3) is 5.91 Å². The summed E-state index contributed by atoms with van der Waals surface area (Å²) in [5, 5.41) is 4.05. The van der Waals surface area contributed by atoms with Crippen LogP contribution in [-0.2, 0) is 9.53 Å². The largest absolute Gasteiger partial charge is 0.484 e. The molecule has 0 aromatic heterocycles. The van der Waals surface area contributed by atoms with Gasteiger partial charge in [0.1, 0.15) is 5.75 Å². The van der Waals surface area contributed by atoms with Gasteiger partial charge < -0.3 is 9.47 Å². The van der Waals surface area contributed by atoms with Gasteiger partial charge in [-0.3, -0.25) is 4.79 Å². The van der Waals surface area contributed by atoms with E-state index in [1.807, 2.05) is 24.3 Å². The summed E-state index contributed by atoms with van der Waals surface area (Å²) in [6.45, 7) is 3.68.